The number of hydrogen-bond acceptors (Lipinski definition) is 3. The van der Waals surface area contributed by atoms with Crippen molar-refractivity contribution in [1.82, 2.24) is 9.88 Å². The first kappa shape index (κ1) is 11.6. The van der Waals surface area contributed by atoms with Crippen molar-refractivity contribution in [1.29, 1.82) is 0 Å². The fourth-order valence-electron chi connectivity index (χ4n) is 2.34. The molecular formula is C13H21N3. The summed E-state index contributed by atoms with van der Waals surface area (Å²) < 4.78 is 0. The van der Waals surface area contributed by atoms with Gasteiger partial charge in [0.2, 0.25) is 0 Å². The van der Waals surface area contributed by atoms with Crippen LogP contribution in [0.2, 0.25) is 0 Å². The summed E-state index contributed by atoms with van der Waals surface area (Å²) in [5.41, 5.74) is 7.15. The van der Waals surface area contributed by atoms with E-state index in [4.69, 9.17) is 5.73 Å². The third-order valence-electron chi connectivity index (χ3n) is 3.37. The molecular weight excluding hydrogens is 198 g/mol. The standard InChI is InChI=1S/C13H21N3/c1-16(10-12-8-13(14)9-12)7-4-11-2-5-15-6-3-11/h2-3,5-6,12-13H,4,7-10,14H2,1H3. The molecule has 1 aromatic heterocycles. The Morgan fingerprint density at radius 3 is 2.69 bits per heavy atom. The maximum absolute atomic E-state index is 5.78. The molecule has 1 fully saturated rings. The number of hydrogen-bond donors (Lipinski definition) is 1. The summed E-state index contributed by atoms with van der Waals surface area (Å²) in [6.45, 7) is 2.31. The van der Waals surface area contributed by atoms with Crippen molar-refractivity contribution in [2.45, 2.75) is 25.3 Å². The molecule has 1 saturated carbocycles. The van der Waals surface area contributed by atoms with E-state index < -0.39 is 0 Å². The molecule has 1 heterocycles. The lowest BCUT2D eigenvalue weighted by atomic mass is 9.80. The molecule has 0 aliphatic heterocycles. The molecule has 0 unspecified atom stereocenters. The van der Waals surface area contributed by atoms with Crippen LogP contribution in [0.15, 0.2) is 24.5 Å². The monoisotopic (exact) mass is 219 g/mol. The number of aromatic nitrogens is 1. The molecule has 0 aromatic carbocycles. The minimum Gasteiger partial charge on any atom is -0.328 e. The number of pyridine rings is 1. The minimum atomic E-state index is 0.471. The van der Waals surface area contributed by atoms with Gasteiger partial charge in [0.15, 0.2) is 0 Å². The summed E-state index contributed by atoms with van der Waals surface area (Å²) in [6.07, 6.45) is 7.25. The van der Waals surface area contributed by atoms with Gasteiger partial charge in [0.25, 0.3) is 0 Å². The van der Waals surface area contributed by atoms with Gasteiger partial charge in [-0.15, -0.1) is 0 Å². The van der Waals surface area contributed by atoms with Crippen molar-refractivity contribution in [2.75, 3.05) is 20.1 Å². The van der Waals surface area contributed by atoms with Crippen LogP contribution < -0.4 is 5.73 Å². The van der Waals surface area contributed by atoms with Gasteiger partial charge in [0.05, 0.1) is 0 Å². The van der Waals surface area contributed by atoms with Crippen LogP contribution in [0.1, 0.15) is 18.4 Å². The van der Waals surface area contributed by atoms with Crippen LogP contribution in [0.5, 0.6) is 0 Å². The number of nitrogens with two attached hydrogens (primary N) is 1. The molecule has 1 aliphatic carbocycles. The summed E-state index contributed by atoms with van der Waals surface area (Å²) in [6, 6.07) is 4.65. The fraction of sp³-hybridized carbons (Fsp3) is 0.615. The second-order valence-corrected chi connectivity index (χ2v) is 4.97. The third-order valence-corrected chi connectivity index (χ3v) is 3.37. The predicted octanol–water partition coefficient (Wildman–Crippen LogP) is 1.29. The molecule has 2 N–H and O–H groups in total. The molecule has 0 bridgehead atoms. The van der Waals surface area contributed by atoms with E-state index in [0.29, 0.717) is 6.04 Å². The molecule has 88 valence electrons. The van der Waals surface area contributed by atoms with Gasteiger partial charge in [-0.05, 0) is 49.9 Å². The number of nitrogens with zero attached hydrogens (tertiary/aromatic N) is 2. The molecule has 16 heavy (non-hydrogen) atoms. The molecule has 3 nitrogen and oxygen atoms in total. The van der Waals surface area contributed by atoms with Gasteiger partial charge in [-0.2, -0.15) is 0 Å². The van der Waals surface area contributed by atoms with Crippen molar-refractivity contribution < 1.29 is 0 Å². The fourth-order valence-corrected chi connectivity index (χ4v) is 2.34. The van der Waals surface area contributed by atoms with Crippen molar-refractivity contribution in [2.24, 2.45) is 11.7 Å². The summed E-state index contributed by atoms with van der Waals surface area (Å²) in [5.74, 6) is 0.831. The molecule has 3 heteroatoms. The molecule has 1 aliphatic rings. The Morgan fingerprint density at radius 1 is 1.38 bits per heavy atom. The van der Waals surface area contributed by atoms with E-state index >= 15 is 0 Å². The summed E-state index contributed by atoms with van der Waals surface area (Å²) in [4.78, 5) is 6.44. The van der Waals surface area contributed by atoms with Gasteiger partial charge < -0.3 is 10.6 Å². The van der Waals surface area contributed by atoms with Crippen LogP contribution in [0, 0.1) is 5.92 Å². The minimum absolute atomic E-state index is 0.471. The maximum Gasteiger partial charge on any atom is 0.0270 e. The van der Waals surface area contributed by atoms with Gasteiger partial charge in [-0.25, -0.2) is 0 Å². The predicted molar refractivity (Wildman–Crippen MR) is 66.1 cm³/mol. The molecule has 0 saturated heterocycles. The Balaban J connectivity index is 1.66. The van der Waals surface area contributed by atoms with E-state index in [2.05, 4.69) is 29.1 Å². The van der Waals surface area contributed by atoms with Gasteiger partial charge >= 0.3 is 0 Å². The normalized spacial score (nSPS) is 24.4. The first-order valence-corrected chi connectivity index (χ1v) is 6.07. The average Bonchev–Trinajstić information content (AvgIpc) is 2.26. The second kappa shape index (κ2) is 5.41. The lowest BCUT2D eigenvalue weighted by molar-refractivity contribution is 0.183. The highest BCUT2D eigenvalue weighted by molar-refractivity contribution is 5.09. The second-order valence-electron chi connectivity index (χ2n) is 4.97. The Kier molecular flexibility index (Phi) is 3.91. The zero-order valence-corrected chi connectivity index (χ0v) is 9.97. The Morgan fingerprint density at radius 2 is 2.06 bits per heavy atom. The molecule has 0 atom stereocenters. The average molecular weight is 219 g/mol. The van der Waals surface area contributed by atoms with Crippen LogP contribution in [0.3, 0.4) is 0 Å². The van der Waals surface area contributed by atoms with Crippen LogP contribution >= 0.6 is 0 Å². The van der Waals surface area contributed by atoms with Crippen LogP contribution in [0.4, 0.5) is 0 Å². The topological polar surface area (TPSA) is 42.2 Å². The van der Waals surface area contributed by atoms with Gasteiger partial charge in [-0.3, -0.25) is 4.98 Å². The third kappa shape index (κ3) is 3.29. The number of rotatable bonds is 5. The van der Waals surface area contributed by atoms with Crippen molar-refractivity contribution >= 4 is 0 Å². The maximum atomic E-state index is 5.78. The van der Waals surface area contributed by atoms with E-state index in [1.165, 1.54) is 24.9 Å². The largest absolute Gasteiger partial charge is 0.328 e. The Bertz CT molecular complexity index is 306. The number of likely N-dealkylation sites (N-methyl/N-ethyl adjacent to an activating group) is 1. The highest BCUT2D eigenvalue weighted by atomic mass is 15.1. The molecule has 0 spiro atoms. The Labute approximate surface area is 97.7 Å². The van der Waals surface area contributed by atoms with Gasteiger partial charge in [0.1, 0.15) is 0 Å². The van der Waals surface area contributed by atoms with E-state index in [-0.39, 0.29) is 0 Å². The smallest absolute Gasteiger partial charge is 0.0270 e. The lowest BCUT2D eigenvalue weighted by Gasteiger charge is -2.35. The Hall–Kier alpha value is -0.930. The first-order chi connectivity index (χ1) is 7.74. The zero-order valence-electron chi connectivity index (χ0n) is 9.97. The van der Waals surface area contributed by atoms with Gasteiger partial charge in [0, 0.05) is 31.5 Å². The quantitative estimate of drug-likeness (QED) is 0.811. The van der Waals surface area contributed by atoms with Crippen molar-refractivity contribution in [3.63, 3.8) is 0 Å². The van der Waals surface area contributed by atoms with E-state index in [1.807, 2.05) is 12.4 Å². The zero-order chi connectivity index (χ0) is 11.4. The van der Waals surface area contributed by atoms with E-state index in [1.54, 1.807) is 0 Å². The summed E-state index contributed by atoms with van der Waals surface area (Å²) >= 11 is 0. The van der Waals surface area contributed by atoms with Crippen LogP contribution in [0.25, 0.3) is 0 Å². The highest BCUT2D eigenvalue weighted by Gasteiger charge is 2.26. The highest BCUT2D eigenvalue weighted by Crippen LogP contribution is 2.25. The van der Waals surface area contributed by atoms with Crippen molar-refractivity contribution in [3.05, 3.63) is 30.1 Å². The molecule has 1 aromatic rings. The molecule has 0 radical (unpaired) electrons. The first-order valence-electron chi connectivity index (χ1n) is 6.07. The van der Waals surface area contributed by atoms with E-state index in [0.717, 1.165) is 18.9 Å². The van der Waals surface area contributed by atoms with Crippen molar-refractivity contribution in [3.8, 4) is 0 Å². The summed E-state index contributed by atoms with van der Waals surface area (Å²) in [5, 5.41) is 0. The summed E-state index contributed by atoms with van der Waals surface area (Å²) in [7, 11) is 2.20. The van der Waals surface area contributed by atoms with Crippen LogP contribution in [-0.4, -0.2) is 36.1 Å². The van der Waals surface area contributed by atoms with E-state index in [9.17, 15) is 0 Å². The lowest BCUT2D eigenvalue weighted by Crippen LogP contribution is -2.42. The molecule has 2 rings (SSSR count). The SMILES string of the molecule is CN(CCc1ccncc1)CC1CC(N)C1. The molecule has 0 amide bonds. The van der Waals surface area contributed by atoms with Crippen LogP contribution in [-0.2, 0) is 6.42 Å². The van der Waals surface area contributed by atoms with Gasteiger partial charge in [-0.1, -0.05) is 0 Å².